The Kier molecular flexibility index (Phi) is 5.84. The number of amides is 1. The number of halogens is 2. The lowest BCUT2D eigenvalue weighted by atomic mass is 10.2. The first-order valence-electron chi connectivity index (χ1n) is 8.77. The van der Waals surface area contributed by atoms with Crippen LogP contribution in [0, 0.1) is 5.82 Å². The number of benzene rings is 1. The van der Waals surface area contributed by atoms with Gasteiger partial charge in [-0.25, -0.2) is 14.2 Å². The number of carbonyl (C=O) groups excluding carboxylic acids is 1. The van der Waals surface area contributed by atoms with Gasteiger partial charge in [0, 0.05) is 11.6 Å². The maximum Gasteiger partial charge on any atom is 0.410 e. The highest BCUT2D eigenvalue weighted by Gasteiger charge is 2.26. The number of rotatable bonds is 4. The molecule has 28 heavy (non-hydrogen) atoms. The van der Waals surface area contributed by atoms with E-state index < -0.39 is 11.4 Å². The molecule has 2 heterocycles. The van der Waals surface area contributed by atoms with Crippen LogP contribution in [-0.2, 0) is 11.3 Å². The molecule has 0 saturated carbocycles. The molecule has 8 heteroatoms. The van der Waals surface area contributed by atoms with E-state index >= 15 is 0 Å². The highest BCUT2D eigenvalue weighted by molar-refractivity contribution is 6.30. The van der Waals surface area contributed by atoms with Gasteiger partial charge in [-0.3, -0.25) is 4.98 Å². The van der Waals surface area contributed by atoms with Crippen molar-refractivity contribution in [1.29, 1.82) is 0 Å². The van der Waals surface area contributed by atoms with E-state index in [0.29, 0.717) is 29.5 Å². The van der Waals surface area contributed by atoms with Gasteiger partial charge in [-0.2, -0.15) is 0 Å². The second-order valence-electron chi connectivity index (χ2n) is 7.35. The summed E-state index contributed by atoms with van der Waals surface area (Å²) in [4.78, 5) is 22.5. The largest absolute Gasteiger partial charge is 0.484 e. The molecule has 2 aromatic rings. The van der Waals surface area contributed by atoms with E-state index in [1.165, 1.54) is 12.1 Å². The summed E-state index contributed by atoms with van der Waals surface area (Å²) in [5.74, 6) is -0.448. The van der Waals surface area contributed by atoms with Gasteiger partial charge >= 0.3 is 6.09 Å². The lowest BCUT2D eigenvalue weighted by Gasteiger charge is -2.24. The summed E-state index contributed by atoms with van der Waals surface area (Å²) in [5, 5.41) is 0.300. The molecule has 148 valence electrons. The van der Waals surface area contributed by atoms with Crippen LogP contribution in [0.4, 0.5) is 9.18 Å². The molecule has 0 saturated heterocycles. The summed E-state index contributed by atoms with van der Waals surface area (Å²) in [6, 6.07) is 4.21. The minimum absolute atomic E-state index is 0.0580. The van der Waals surface area contributed by atoms with Gasteiger partial charge in [-0.15, -0.1) is 0 Å². The van der Waals surface area contributed by atoms with Crippen molar-refractivity contribution in [3.8, 4) is 5.75 Å². The third-order valence-corrected chi connectivity index (χ3v) is 4.09. The summed E-state index contributed by atoms with van der Waals surface area (Å²) in [6.45, 7) is 6.38. The molecule has 0 fully saturated rings. The zero-order valence-electron chi connectivity index (χ0n) is 15.9. The molecule has 1 aromatic carbocycles. The van der Waals surface area contributed by atoms with Gasteiger partial charge in [-0.05, 0) is 44.5 Å². The molecule has 0 radical (unpaired) electrons. The van der Waals surface area contributed by atoms with Crippen LogP contribution in [0.25, 0.3) is 5.57 Å². The maximum atomic E-state index is 13.8. The molecule has 0 unspecified atom stereocenters. The van der Waals surface area contributed by atoms with Crippen molar-refractivity contribution in [2.45, 2.75) is 33.0 Å². The van der Waals surface area contributed by atoms with Crippen molar-refractivity contribution in [1.82, 2.24) is 14.9 Å². The van der Waals surface area contributed by atoms with Crippen LogP contribution >= 0.6 is 11.6 Å². The molecule has 1 aromatic heterocycles. The minimum Gasteiger partial charge on any atom is -0.484 e. The van der Waals surface area contributed by atoms with Gasteiger partial charge in [0.05, 0.1) is 30.3 Å². The number of hydrogen-bond donors (Lipinski definition) is 0. The summed E-state index contributed by atoms with van der Waals surface area (Å²) in [5.41, 5.74) is 1.51. The molecule has 1 amide bonds. The molecule has 1 aliphatic heterocycles. The second kappa shape index (κ2) is 8.14. The molecule has 0 atom stereocenters. The zero-order chi connectivity index (χ0) is 20.3. The van der Waals surface area contributed by atoms with E-state index in [2.05, 4.69) is 9.97 Å². The summed E-state index contributed by atoms with van der Waals surface area (Å²) >= 11 is 5.74. The third-order valence-electron chi connectivity index (χ3n) is 3.85. The van der Waals surface area contributed by atoms with Gasteiger partial charge in [0.1, 0.15) is 12.2 Å². The third kappa shape index (κ3) is 5.19. The van der Waals surface area contributed by atoms with E-state index in [9.17, 15) is 9.18 Å². The Morgan fingerprint density at radius 1 is 1.32 bits per heavy atom. The summed E-state index contributed by atoms with van der Waals surface area (Å²) in [7, 11) is 0. The molecular formula is C20H21ClFN3O3. The van der Waals surface area contributed by atoms with Crippen LogP contribution in [0.3, 0.4) is 0 Å². The average molecular weight is 406 g/mol. The van der Waals surface area contributed by atoms with Gasteiger partial charge in [0.2, 0.25) is 0 Å². The Bertz CT molecular complexity index is 912. The molecule has 0 spiro atoms. The number of ether oxygens (including phenoxy) is 2. The van der Waals surface area contributed by atoms with E-state index in [1.807, 2.05) is 26.8 Å². The quantitative estimate of drug-likeness (QED) is 0.750. The summed E-state index contributed by atoms with van der Waals surface area (Å²) in [6.07, 6.45) is 4.72. The van der Waals surface area contributed by atoms with E-state index in [4.69, 9.17) is 21.1 Å². The Morgan fingerprint density at radius 2 is 2.11 bits per heavy atom. The molecule has 3 rings (SSSR count). The van der Waals surface area contributed by atoms with Crippen LogP contribution < -0.4 is 4.74 Å². The molecule has 0 N–H and O–H groups in total. The molecular weight excluding hydrogens is 385 g/mol. The first-order chi connectivity index (χ1) is 13.2. The van der Waals surface area contributed by atoms with Crippen molar-refractivity contribution in [3.63, 3.8) is 0 Å². The minimum atomic E-state index is -0.548. The molecule has 0 aliphatic carbocycles. The predicted octanol–water partition coefficient (Wildman–Crippen LogP) is 4.48. The zero-order valence-corrected chi connectivity index (χ0v) is 16.7. The standard InChI is InChI=1S/C20H21ClFN3O3/c1-20(2,3)28-19(26)25-7-6-13(11-25)17-10-23-9-15(24-17)12-27-18-5-4-14(21)8-16(18)22/h4-6,8-10H,7,11-12H2,1-3H3. The van der Waals surface area contributed by atoms with Gasteiger partial charge in [0.25, 0.3) is 0 Å². The monoisotopic (exact) mass is 405 g/mol. The average Bonchev–Trinajstić information content (AvgIpc) is 3.10. The maximum absolute atomic E-state index is 13.8. The van der Waals surface area contributed by atoms with E-state index in [0.717, 1.165) is 5.57 Å². The Balaban J connectivity index is 1.63. The van der Waals surface area contributed by atoms with Crippen LogP contribution in [0.1, 0.15) is 32.2 Å². The Morgan fingerprint density at radius 3 is 2.82 bits per heavy atom. The molecule has 1 aliphatic rings. The Labute approximate surface area is 167 Å². The van der Waals surface area contributed by atoms with Gasteiger partial charge < -0.3 is 14.4 Å². The van der Waals surface area contributed by atoms with Crippen LogP contribution in [0.2, 0.25) is 5.02 Å². The lowest BCUT2D eigenvalue weighted by molar-refractivity contribution is 0.0306. The van der Waals surface area contributed by atoms with E-state index in [1.54, 1.807) is 23.4 Å². The van der Waals surface area contributed by atoms with E-state index in [-0.39, 0.29) is 18.4 Å². The highest BCUT2D eigenvalue weighted by atomic mass is 35.5. The summed E-state index contributed by atoms with van der Waals surface area (Å²) < 4.78 is 24.7. The first kappa shape index (κ1) is 20.1. The SMILES string of the molecule is CC(C)(C)OC(=O)N1CC=C(c2cncc(COc3ccc(Cl)cc3F)n2)C1. The topological polar surface area (TPSA) is 64.5 Å². The van der Waals surface area contributed by atoms with Crippen LogP contribution in [0.15, 0.2) is 36.7 Å². The first-order valence-corrected chi connectivity index (χ1v) is 9.15. The fourth-order valence-corrected chi connectivity index (χ4v) is 2.74. The van der Waals surface area contributed by atoms with Crippen molar-refractivity contribution >= 4 is 23.3 Å². The second-order valence-corrected chi connectivity index (χ2v) is 7.79. The number of nitrogens with zero attached hydrogens (tertiary/aromatic N) is 3. The lowest BCUT2D eigenvalue weighted by Crippen LogP contribution is -2.35. The smallest absolute Gasteiger partial charge is 0.410 e. The van der Waals surface area contributed by atoms with Crippen LogP contribution in [-0.4, -0.2) is 39.7 Å². The van der Waals surface area contributed by atoms with Crippen molar-refractivity contribution in [2.24, 2.45) is 0 Å². The van der Waals surface area contributed by atoms with Crippen LogP contribution in [0.5, 0.6) is 5.75 Å². The predicted molar refractivity (Wildman–Crippen MR) is 104 cm³/mol. The Hall–Kier alpha value is -2.67. The fraction of sp³-hybridized carbons (Fsp3) is 0.350. The number of hydrogen-bond acceptors (Lipinski definition) is 5. The van der Waals surface area contributed by atoms with Gasteiger partial charge in [0.15, 0.2) is 11.6 Å². The number of carbonyl (C=O) groups is 1. The van der Waals surface area contributed by atoms with Crippen molar-refractivity contribution in [3.05, 3.63) is 58.9 Å². The molecule has 0 bridgehead atoms. The van der Waals surface area contributed by atoms with Gasteiger partial charge in [-0.1, -0.05) is 17.7 Å². The fourth-order valence-electron chi connectivity index (χ4n) is 2.58. The van der Waals surface area contributed by atoms with Crippen molar-refractivity contribution < 1.29 is 18.7 Å². The molecule has 6 nitrogen and oxygen atoms in total. The highest BCUT2D eigenvalue weighted by Crippen LogP contribution is 2.23. The normalized spacial score (nSPS) is 14.0. The number of aromatic nitrogens is 2. The van der Waals surface area contributed by atoms with Crippen molar-refractivity contribution in [2.75, 3.05) is 13.1 Å².